The van der Waals surface area contributed by atoms with Crippen molar-refractivity contribution in [3.63, 3.8) is 0 Å². The molecule has 1 heterocycles. The van der Waals surface area contributed by atoms with Crippen molar-refractivity contribution in [1.29, 1.82) is 0 Å². The van der Waals surface area contributed by atoms with Gasteiger partial charge in [-0.2, -0.15) is 0 Å². The molecule has 9 aromatic carbocycles. The SMILES string of the molecule is CC1(C)c2ccccc2-c2ccc(N(c3ccc(-c4ccccc4)cc3)c3ccc4c(c3)C3(c5ccccc5-4)c4ccccc4-c4c(-c5ccccc5)sc(-c5ccccc5)c43)cc21. The Bertz CT molecular complexity index is 3450. The Hall–Kier alpha value is -7.52. The second-order valence-corrected chi connectivity index (χ2v) is 19.0. The minimum atomic E-state index is -0.549. The number of benzene rings is 9. The Balaban J connectivity index is 1.08. The van der Waals surface area contributed by atoms with Crippen molar-refractivity contribution in [1.82, 2.24) is 0 Å². The van der Waals surface area contributed by atoms with Gasteiger partial charge >= 0.3 is 0 Å². The smallest absolute Gasteiger partial charge is 0.0740 e. The van der Waals surface area contributed by atoms with Gasteiger partial charge in [0, 0.05) is 37.8 Å². The molecular weight excluding hydrogens is 791 g/mol. The summed E-state index contributed by atoms with van der Waals surface area (Å²) in [5.41, 5.74) is 23.7. The molecule has 1 nitrogen and oxygen atoms in total. The lowest BCUT2D eigenvalue weighted by Crippen LogP contribution is -2.26. The fourth-order valence-corrected chi connectivity index (χ4v) is 12.9. The average Bonchev–Trinajstić information content (AvgIpc) is 4.05. The molecule has 1 spiro atoms. The first-order chi connectivity index (χ1) is 31.5. The van der Waals surface area contributed by atoms with Gasteiger partial charge in [-0.05, 0) is 120 Å². The van der Waals surface area contributed by atoms with Gasteiger partial charge in [0.25, 0.3) is 0 Å². The molecule has 302 valence electrons. The van der Waals surface area contributed by atoms with Crippen LogP contribution in [0.2, 0.25) is 0 Å². The van der Waals surface area contributed by atoms with Crippen LogP contribution in [0.15, 0.2) is 224 Å². The van der Waals surface area contributed by atoms with E-state index in [-0.39, 0.29) is 5.41 Å². The summed E-state index contributed by atoms with van der Waals surface area (Å²) in [7, 11) is 0. The zero-order valence-corrected chi connectivity index (χ0v) is 36.5. The highest BCUT2D eigenvalue weighted by atomic mass is 32.1. The number of hydrogen-bond donors (Lipinski definition) is 0. The van der Waals surface area contributed by atoms with Crippen molar-refractivity contribution in [3.8, 4) is 65.4 Å². The molecular formula is C62H43NS. The van der Waals surface area contributed by atoms with Gasteiger partial charge in [-0.25, -0.2) is 0 Å². The van der Waals surface area contributed by atoms with E-state index in [0.29, 0.717) is 0 Å². The summed E-state index contributed by atoms with van der Waals surface area (Å²) < 4.78 is 0. The minimum Gasteiger partial charge on any atom is -0.310 e. The Labute approximate surface area is 379 Å². The van der Waals surface area contributed by atoms with Crippen LogP contribution in [0.4, 0.5) is 17.1 Å². The van der Waals surface area contributed by atoms with Crippen molar-refractivity contribution in [2.45, 2.75) is 24.7 Å². The summed E-state index contributed by atoms with van der Waals surface area (Å²) in [6.45, 7) is 4.75. The van der Waals surface area contributed by atoms with Crippen LogP contribution in [0.5, 0.6) is 0 Å². The van der Waals surface area contributed by atoms with E-state index in [2.05, 4.69) is 243 Å². The summed E-state index contributed by atoms with van der Waals surface area (Å²) in [6, 6.07) is 83.8. The minimum absolute atomic E-state index is 0.137. The lowest BCUT2D eigenvalue weighted by Gasteiger charge is -2.33. The zero-order valence-electron chi connectivity index (χ0n) is 35.7. The molecule has 3 aliphatic rings. The fourth-order valence-electron chi connectivity index (χ4n) is 11.5. The van der Waals surface area contributed by atoms with Crippen LogP contribution < -0.4 is 4.90 Å². The van der Waals surface area contributed by atoms with Crippen molar-refractivity contribution in [2.24, 2.45) is 0 Å². The van der Waals surface area contributed by atoms with Crippen molar-refractivity contribution >= 4 is 28.4 Å². The van der Waals surface area contributed by atoms with E-state index in [1.807, 2.05) is 11.3 Å². The standard InChI is InChI=1S/C62H43NS/c1-61(2)52-27-15-12-24-47(52)49-36-34-45(38-55(49)61)63(44-32-30-41(31-33-44)40-18-6-3-7-19-40)46-35-37-50-48-25-13-16-28-53(48)62(56(50)39-46)54-29-17-14-26-51(54)57-58(62)60(43-22-10-5-11-23-43)64-59(57)42-20-8-4-9-21-42/h3-39H,1-2H3. The summed E-state index contributed by atoms with van der Waals surface area (Å²) in [6.07, 6.45) is 0. The Morgan fingerprint density at radius 1 is 0.328 bits per heavy atom. The van der Waals surface area contributed by atoms with Crippen LogP contribution in [0.3, 0.4) is 0 Å². The summed E-state index contributed by atoms with van der Waals surface area (Å²) >= 11 is 1.94. The predicted octanol–water partition coefficient (Wildman–Crippen LogP) is 16.9. The van der Waals surface area contributed by atoms with E-state index in [1.165, 1.54) is 98.8 Å². The van der Waals surface area contributed by atoms with Crippen LogP contribution in [0.1, 0.15) is 47.2 Å². The maximum absolute atomic E-state index is 2.54. The molecule has 1 atom stereocenters. The lowest BCUT2D eigenvalue weighted by molar-refractivity contribution is 0.660. The first-order valence-corrected chi connectivity index (χ1v) is 23.2. The first-order valence-electron chi connectivity index (χ1n) is 22.3. The Kier molecular flexibility index (Phi) is 8.11. The van der Waals surface area contributed by atoms with Gasteiger partial charge in [0.05, 0.1) is 5.41 Å². The monoisotopic (exact) mass is 833 g/mol. The number of thiophene rings is 1. The summed E-state index contributed by atoms with van der Waals surface area (Å²) in [5.74, 6) is 0. The molecule has 3 aliphatic carbocycles. The maximum atomic E-state index is 2.54. The van der Waals surface area contributed by atoms with Crippen LogP contribution in [0.25, 0.3) is 65.4 Å². The van der Waals surface area contributed by atoms with Gasteiger partial charge in [-0.3, -0.25) is 0 Å². The topological polar surface area (TPSA) is 3.24 Å². The average molecular weight is 834 g/mol. The second-order valence-electron chi connectivity index (χ2n) is 18.0. The molecule has 0 saturated heterocycles. The first kappa shape index (κ1) is 37.1. The van der Waals surface area contributed by atoms with Crippen molar-refractivity contribution in [3.05, 3.63) is 258 Å². The van der Waals surface area contributed by atoms with Gasteiger partial charge in [0.15, 0.2) is 0 Å². The third-order valence-corrected chi connectivity index (χ3v) is 15.6. The number of nitrogens with zero attached hydrogens (tertiary/aromatic N) is 1. The lowest BCUT2D eigenvalue weighted by atomic mass is 9.70. The van der Waals surface area contributed by atoms with Crippen LogP contribution in [0, 0.1) is 0 Å². The largest absolute Gasteiger partial charge is 0.310 e. The van der Waals surface area contributed by atoms with Crippen LogP contribution in [-0.2, 0) is 10.8 Å². The second kappa shape index (κ2) is 14.0. The molecule has 0 aliphatic heterocycles. The van der Waals surface area contributed by atoms with Crippen LogP contribution in [-0.4, -0.2) is 0 Å². The van der Waals surface area contributed by atoms with E-state index < -0.39 is 5.41 Å². The maximum Gasteiger partial charge on any atom is 0.0740 e. The van der Waals surface area contributed by atoms with Gasteiger partial charge in [-0.1, -0.05) is 202 Å². The summed E-state index contributed by atoms with van der Waals surface area (Å²) in [4.78, 5) is 5.14. The number of rotatable bonds is 6. The van der Waals surface area contributed by atoms with Gasteiger partial charge < -0.3 is 4.90 Å². The molecule has 0 N–H and O–H groups in total. The molecule has 13 rings (SSSR count). The number of fused-ring (bicyclic) bond motifs is 13. The van der Waals surface area contributed by atoms with Gasteiger partial charge in [0.2, 0.25) is 0 Å². The van der Waals surface area contributed by atoms with Crippen LogP contribution >= 0.6 is 11.3 Å². The molecule has 1 unspecified atom stereocenters. The van der Waals surface area contributed by atoms with E-state index >= 15 is 0 Å². The Morgan fingerprint density at radius 2 is 0.750 bits per heavy atom. The third kappa shape index (κ3) is 5.18. The summed E-state index contributed by atoms with van der Waals surface area (Å²) in [5, 5.41) is 0. The normalized spacial score (nSPS) is 15.5. The highest BCUT2D eigenvalue weighted by Gasteiger charge is 2.54. The van der Waals surface area contributed by atoms with E-state index in [0.717, 1.165) is 17.1 Å². The third-order valence-electron chi connectivity index (χ3n) is 14.3. The highest BCUT2D eigenvalue weighted by Crippen LogP contribution is 2.68. The van der Waals surface area contributed by atoms with E-state index in [9.17, 15) is 0 Å². The number of hydrogen-bond acceptors (Lipinski definition) is 2. The molecule has 0 saturated carbocycles. The molecule has 0 fully saturated rings. The van der Waals surface area contributed by atoms with Crippen molar-refractivity contribution in [2.75, 3.05) is 4.90 Å². The predicted molar refractivity (Wildman–Crippen MR) is 269 cm³/mol. The van der Waals surface area contributed by atoms with E-state index in [4.69, 9.17) is 0 Å². The quantitative estimate of drug-likeness (QED) is 0.161. The van der Waals surface area contributed by atoms with Crippen molar-refractivity contribution < 1.29 is 0 Å². The molecule has 0 radical (unpaired) electrons. The molecule has 64 heavy (non-hydrogen) atoms. The zero-order chi connectivity index (χ0) is 42.6. The van der Waals surface area contributed by atoms with Gasteiger partial charge in [-0.15, -0.1) is 11.3 Å². The molecule has 0 amide bonds. The molecule has 10 aromatic rings. The molecule has 2 heteroatoms. The molecule has 0 bridgehead atoms. The Morgan fingerprint density at radius 3 is 1.38 bits per heavy atom. The van der Waals surface area contributed by atoms with Gasteiger partial charge in [0.1, 0.15) is 0 Å². The van der Waals surface area contributed by atoms with E-state index in [1.54, 1.807) is 0 Å². The fraction of sp³-hybridized carbons (Fsp3) is 0.0645. The number of anilines is 3. The highest BCUT2D eigenvalue weighted by molar-refractivity contribution is 7.19. The molecule has 1 aromatic heterocycles.